The fourth-order valence-corrected chi connectivity index (χ4v) is 3.37. The Morgan fingerprint density at radius 1 is 1.26 bits per heavy atom. The molecule has 0 spiro atoms. The van der Waals surface area contributed by atoms with Crippen LogP contribution in [0.4, 0.5) is 10.7 Å². The molecule has 23 heavy (non-hydrogen) atoms. The third-order valence-corrected chi connectivity index (χ3v) is 4.48. The highest BCUT2D eigenvalue weighted by Crippen LogP contribution is 2.33. The highest BCUT2D eigenvalue weighted by atomic mass is 16.6. The van der Waals surface area contributed by atoms with Crippen LogP contribution in [-0.4, -0.2) is 52.7 Å². The monoisotopic (exact) mass is 318 g/mol. The van der Waals surface area contributed by atoms with Gasteiger partial charge < -0.3 is 14.5 Å². The van der Waals surface area contributed by atoms with E-state index in [4.69, 9.17) is 4.74 Å². The van der Waals surface area contributed by atoms with E-state index < -0.39 is 5.60 Å². The Labute approximate surface area is 137 Å². The van der Waals surface area contributed by atoms with Crippen LogP contribution in [0.5, 0.6) is 0 Å². The molecule has 6 nitrogen and oxygen atoms in total. The summed E-state index contributed by atoms with van der Waals surface area (Å²) in [6.07, 6.45) is 2.56. The van der Waals surface area contributed by atoms with Crippen LogP contribution in [0.25, 0.3) is 0 Å². The number of carbonyl (C=O) groups excluding carboxylic acids is 1. The van der Waals surface area contributed by atoms with Gasteiger partial charge in [0.1, 0.15) is 5.60 Å². The van der Waals surface area contributed by atoms with Gasteiger partial charge in [0.05, 0.1) is 0 Å². The van der Waals surface area contributed by atoms with E-state index in [0.29, 0.717) is 11.8 Å². The zero-order valence-corrected chi connectivity index (χ0v) is 14.5. The normalized spacial score (nSPS) is 24.0. The first kappa shape index (κ1) is 16.0. The number of fused-ring (bicyclic) bond motifs is 1. The number of amides is 1. The van der Waals surface area contributed by atoms with Crippen LogP contribution in [0.1, 0.15) is 33.4 Å². The predicted molar refractivity (Wildman–Crippen MR) is 88.4 cm³/mol. The number of likely N-dealkylation sites (tertiary alicyclic amines) is 1. The van der Waals surface area contributed by atoms with E-state index >= 15 is 0 Å². The van der Waals surface area contributed by atoms with Crippen molar-refractivity contribution in [1.29, 1.82) is 0 Å². The molecule has 0 N–H and O–H groups in total. The molecule has 3 rings (SSSR count). The lowest BCUT2D eigenvalue weighted by Crippen LogP contribution is -2.37. The molecule has 6 heteroatoms. The molecule has 1 aromatic rings. The molecule has 2 fully saturated rings. The summed E-state index contributed by atoms with van der Waals surface area (Å²) in [6, 6.07) is 1.96. The summed E-state index contributed by atoms with van der Waals surface area (Å²) in [5.41, 5.74) is 0.636. The van der Waals surface area contributed by atoms with Crippen LogP contribution in [-0.2, 0) is 11.2 Å². The average molecular weight is 318 g/mol. The first-order valence-electron chi connectivity index (χ1n) is 8.40. The fourth-order valence-electron chi connectivity index (χ4n) is 3.37. The van der Waals surface area contributed by atoms with Crippen molar-refractivity contribution in [2.24, 2.45) is 11.8 Å². The molecule has 2 aliphatic rings. The molecular formula is C17H26N4O2. The maximum Gasteiger partial charge on any atom is 0.410 e. The zero-order valence-electron chi connectivity index (χ0n) is 14.5. The standard InChI is InChI=1S/C17H26N4O2/c1-5-14-6-7-18-15(19-14)20-8-12-10-21(11-13(12)9-20)16(22)23-17(2,3)4/h6-7,12-13H,5,8-11H2,1-4H3. The SMILES string of the molecule is CCc1ccnc(N2CC3CN(C(=O)OC(C)(C)C)CC3C2)n1. The Balaban J connectivity index is 1.60. The summed E-state index contributed by atoms with van der Waals surface area (Å²) in [7, 11) is 0. The first-order chi connectivity index (χ1) is 10.9. The molecule has 0 saturated carbocycles. The Morgan fingerprint density at radius 2 is 1.91 bits per heavy atom. The van der Waals surface area contributed by atoms with E-state index in [1.165, 1.54) is 0 Å². The second-order valence-electron chi connectivity index (χ2n) is 7.51. The molecule has 2 atom stereocenters. The summed E-state index contributed by atoms with van der Waals surface area (Å²) >= 11 is 0. The summed E-state index contributed by atoms with van der Waals surface area (Å²) in [5, 5.41) is 0. The van der Waals surface area contributed by atoms with Crippen LogP contribution in [0.2, 0.25) is 0 Å². The van der Waals surface area contributed by atoms with Crippen LogP contribution in [0.3, 0.4) is 0 Å². The van der Waals surface area contributed by atoms with E-state index in [1.807, 2.05) is 37.9 Å². The summed E-state index contributed by atoms with van der Waals surface area (Å²) in [5.74, 6) is 1.79. The average Bonchev–Trinajstić information content (AvgIpc) is 3.04. The van der Waals surface area contributed by atoms with Crippen molar-refractivity contribution < 1.29 is 9.53 Å². The minimum Gasteiger partial charge on any atom is -0.444 e. The number of ether oxygens (including phenoxy) is 1. The minimum atomic E-state index is -0.435. The van der Waals surface area contributed by atoms with Gasteiger partial charge in [-0.1, -0.05) is 6.92 Å². The maximum atomic E-state index is 12.2. The molecule has 2 unspecified atom stereocenters. The van der Waals surface area contributed by atoms with Gasteiger partial charge in [0.25, 0.3) is 0 Å². The molecule has 2 aliphatic heterocycles. The van der Waals surface area contributed by atoms with Crippen molar-refractivity contribution >= 4 is 12.0 Å². The first-order valence-corrected chi connectivity index (χ1v) is 8.40. The highest BCUT2D eigenvalue weighted by Gasteiger charge is 2.43. The molecule has 0 aromatic carbocycles. The number of nitrogens with zero attached hydrogens (tertiary/aromatic N) is 4. The summed E-state index contributed by atoms with van der Waals surface area (Å²) < 4.78 is 5.48. The molecule has 0 radical (unpaired) electrons. The van der Waals surface area contributed by atoms with Gasteiger partial charge in [0.2, 0.25) is 5.95 Å². The van der Waals surface area contributed by atoms with E-state index in [9.17, 15) is 4.79 Å². The van der Waals surface area contributed by atoms with Crippen molar-refractivity contribution in [3.8, 4) is 0 Å². The lowest BCUT2D eigenvalue weighted by molar-refractivity contribution is 0.0282. The smallest absolute Gasteiger partial charge is 0.410 e. The summed E-state index contributed by atoms with van der Waals surface area (Å²) in [4.78, 5) is 25.3. The number of hydrogen-bond donors (Lipinski definition) is 0. The lowest BCUT2D eigenvalue weighted by atomic mass is 10.0. The second-order valence-corrected chi connectivity index (χ2v) is 7.51. The number of anilines is 1. The van der Waals surface area contributed by atoms with Crippen LogP contribution >= 0.6 is 0 Å². The van der Waals surface area contributed by atoms with Crippen molar-refractivity contribution in [2.75, 3.05) is 31.1 Å². The van der Waals surface area contributed by atoms with Gasteiger partial charge in [0.15, 0.2) is 0 Å². The van der Waals surface area contributed by atoms with Crippen LogP contribution in [0, 0.1) is 11.8 Å². The third-order valence-electron chi connectivity index (χ3n) is 4.48. The number of rotatable bonds is 2. The van der Waals surface area contributed by atoms with Gasteiger partial charge in [0, 0.05) is 49.9 Å². The number of carbonyl (C=O) groups is 1. The van der Waals surface area contributed by atoms with E-state index in [-0.39, 0.29) is 6.09 Å². The molecule has 0 bridgehead atoms. The van der Waals surface area contributed by atoms with Crippen LogP contribution in [0.15, 0.2) is 12.3 Å². The topological polar surface area (TPSA) is 58.6 Å². The molecular weight excluding hydrogens is 292 g/mol. The third kappa shape index (κ3) is 3.57. The van der Waals surface area contributed by atoms with Gasteiger partial charge >= 0.3 is 6.09 Å². The summed E-state index contributed by atoms with van der Waals surface area (Å²) in [6.45, 7) is 11.2. The second kappa shape index (κ2) is 5.98. The molecule has 2 saturated heterocycles. The van der Waals surface area contributed by atoms with E-state index in [0.717, 1.165) is 44.2 Å². The number of aromatic nitrogens is 2. The van der Waals surface area contributed by atoms with Gasteiger partial charge in [-0.15, -0.1) is 0 Å². The zero-order chi connectivity index (χ0) is 16.6. The molecule has 1 aromatic heterocycles. The van der Waals surface area contributed by atoms with E-state index in [2.05, 4.69) is 21.8 Å². The van der Waals surface area contributed by atoms with Gasteiger partial charge in [-0.05, 0) is 33.3 Å². The number of hydrogen-bond acceptors (Lipinski definition) is 5. The predicted octanol–water partition coefficient (Wildman–Crippen LogP) is 2.34. The van der Waals surface area contributed by atoms with Gasteiger partial charge in [-0.3, -0.25) is 0 Å². The highest BCUT2D eigenvalue weighted by molar-refractivity contribution is 5.68. The quantitative estimate of drug-likeness (QED) is 0.838. The van der Waals surface area contributed by atoms with Crippen LogP contribution < -0.4 is 4.90 Å². The molecule has 1 amide bonds. The fraction of sp³-hybridized carbons (Fsp3) is 0.706. The Hall–Kier alpha value is -1.85. The largest absolute Gasteiger partial charge is 0.444 e. The van der Waals surface area contributed by atoms with Gasteiger partial charge in [-0.2, -0.15) is 0 Å². The van der Waals surface area contributed by atoms with Crippen molar-refractivity contribution in [1.82, 2.24) is 14.9 Å². The Kier molecular flexibility index (Phi) is 4.17. The molecule has 126 valence electrons. The van der Waals surface area contributed by atoms with Gasteiger partial charge in [-0.25, -0.2) is 14.8 Å². The number of aryl methyl sites for hydroxylation is 1. The van der Waals surface area contributed by atoms with Crippen molar-refractivity contribution in [2.45, 2.75) is 39.7 Å². The molecule has 3 heterocycles. The van der Waals surface area contributed by atoms with E-state index in [1.54, 1.807) is 0 Å². The Morgan fingerprint density at radius 3 is 2.48 bits per heavy atom. The molecule has 0 aliphatic carbocycles. The lowest BCUT2D eigenvalue weighted by Gasteiger charge is -2.26. The Bertz CT molecular complexity index is 570. The minimum absolute atomic E-state index is 0.192. The van der Waals surface area contributed by atoms with Crippen molar-refractivity contribution in [3.63, 3.8) is 0 Å². The maximum absolute atomic E-state index is 12.2. The van der Waals surface area contributed by atoms with Crippen molar-refractivity contribution in [3.05, 3.63) is 18.0 Å².